The fourth-order valence-electron chi connectivity index (χ4n) is 3.79. The number of methoxy groups -OCH3 is 1. The molecule has 0 aliphatic carbocycles. The highest BCUT2D eigenvalue weighted by atomic mass is 32.1. The van der Waals surface area contributed by atoms with E-state index < -0.39 is 0 Å². The van der Waals surface area contributed by atoms with Crippen molar-refractivity contribution in [3.63, 3.8) is 0 Å². The largest absolute Gasteiger partial charge is 0.497 e. The van der Waals surface area contributed by atoms with Gasteiger partial charge in [-0.15, -0.1) is 0 Å². The summed E-state index contributed by atoms with van der Waals surface area (Å²) in [6.07, 6.45) is 2.49. The van der Waals surface area contributed by atoms with Crippen LogP contribution < -0.4 is 20.3 Å². The summed E-state index contributed by atoms with van der Waals surface area (Å²) in [5.74, 6) is 1.54. The number of carbonyl (C=O) groups excluding carboxylic acids is 1. The first-order valence-corrected chi connectivity index (χ1v) is 10.9. The zero-order chi connectivity index (χ0) is 21.7. The number of hydrogen-bond acceptors (Lipinski definition) is 3. The number of aryl methyl sites for hydroxylation is 1. The van der Waals surface area contributed by atoms with Crippen molar-refractivity contribution in [3.8, 4) is 5.75 Å². The van der Waals surface area contributed by atoms with E-state index in [1.807, 2.05) is 42.2 Å². The molecule has 0 bridgehead atoms. The number of nitrogens with one attached hydrogen (secondary N) is 2. The van der Waals surface area contributed by atoms with Crippen LogP contribution in [-0.4, -0.2) is 24.7 Å². The summed E-state index contributed by atoms with van der Waals surface area (Å²) in [6, 6.07) is 14.2. The van der Waals surface area contributed by atoms with E-state index in [0.29, 0.717) is 17.5 Å². The summed E-state index contributed by atoms with van der Waals surface area (Å²) in [6.45, 7) is 7.21. The molecule has 1 fully saturated rings. The Hall–Kier alpha value is -2.60. The van der Waals surface area contributed by atoms with E-state index in [9.17, 15) is 4.79 Å². The number of amides is 1. The van der Waals surface area contributed by atoms with Crippen LogP contribution in [0.25, 0.3) is 0 Å². The van der Waals surface area contributed by atoms with Crippen LogP contribution in [0, 0.1) is 12.8 Å². The van der Waals surface area contributed by atoms with E-state index in [-0.39, 0.29) is 11.9 Å². The van der Waals surface area contributed by atoms with Crippen LogP contribution in [0.1, 0.15) is 50.3 Å². The maximum atomic E-state index is 12.2. The van der Waals surface area contributed by atoms with Crippen molar-refractivity contribution < 1.29 is 9.53 Å². The Labute approximate surface area is 184 Å². The molecule has 1 saturated heterocycles. The summed E-state index contributed by atoms with van der Waals surface area (Å²) >= 11 is 5.62. The Morgan fingerprint density at radius 3 is 2.53 bits per heavy atom. The number of thiocarbonyl (C=S) groups is 1. The predicted molar refractivity (Wildman–Crippen MR) is 127 cm³/mol. The van der Waals surface area contributed by atoms with Crippen LogP contribution in [0.15, 0.2) is 42.5 Å². The van der Waals surface area contributed by atoms with Gasteiger partial charge in [-0.05, 0) is 73.3 Å². The Bertz CT molecular complexity index is 896. The van der Waals surface area contributed by atoms with Crippen molar-refractivity contribution in [2.75, 3.05) is 23.9 Å². The lowest BCUT2D eigenvalue weighted by molar-refractivity contribution is -0.117. The zero-order valence-electron chi connectivity index (χ0n) is 18.2. The third-order valence-electron chi connectivity index (χ3n) is 5.36. The second-order valence-electron chi connectivity index (χ2n) is 8.20. The summed E-state index contributed by atoms with van der Waals surface area (Å²) < 4.78 is 5.27. The van der Waals surface area contributed by atoms with Crippen molar-refractivity contribution in [1.29, 1.82) is 0 Å². The number of ether oxygens (including phenoxy) is 1. The highest BCUT2D eigenvalue weighted by Crippen LogP contribution is 2.29. The van der Waals surface area contributed by atoms with Crippen LogP contribution in [-0.2, 0) is 4.79 Å². The van der Waals surface area contributed by atoms with Gasteiger partial charge in [0.25, 0.3) is 0 Å². The molecular weight excluding hydrogens is 394 g/mol. The third-order valence-corrected chi connectivity index (χ3v) is 5.58. The van der Waals surface area contributed by atoms with Crippen LogP contribution in [0.2, 0.25) is 0 Å². The lowest BCUT2D eigenvalue weighted by atomic mass is 9.97. The molecule has 2 aromatic carbocycles. The number of anilines is 2. The van der Waals surface area contributed by atoms with Gasteiger partial charge in [0.15, 0.2) is 5.11 Å². The quantitative estimate of drug-likeness (QED) is 0.597. The number of hydrogen-bond donors (Lipinski definition) is 2. The van der Waals surface area contributed by atoms with Gasteiger partial charge in [-0.25, -0.2) is 0 Å². The van der Waals surface area contributed by atoms with Gasteiger partial charge in [0.1, 0.15) is 5.75 Å². The Morgan fingerprint density at radius 2 is 1.93 bits per heavy atom. The lowest BCUT2D eigenvalue weighted by Crippen LogP contribution is -2.33. The molecule has 5 nitrogen and oxygen atoms in total. The van der Waals surface area contributed by atoms with E-state index in [1.165, 1.54) is 5.56 Å². The second kappa shape index (κ2) is 9.94. The molecule has 1 heterocycles. The average molecular weight is 426 g/mol. The molecule has 0 radical (unpaired) electrons. The Balaban J connectivity index is 1.72. The minimum absolute atomic E-state index is 0.0981. The first-order valence-electron chi connectivity index (χ1n) is 10.5. The van der Waals surface area contributed by atoms with E-state index >= 15 is 0 Å². The number of rotatable bonds is 7. The molecule has 1 aliphatic rings. The van der Waals surface area contributed by atoms with Crippen molar-refractivity contribution in [3.05, 3.63) is 53.6 Å². The maximum Gasteiger partial charge on any atom is 0.227 e. The van der Waals surface area contributed by atoms with Crippen LogP contribution in [0.3, 0.4) is 0 Å². The van der Waals surface area contributed by atoms with Crippen LogP contribution in [0.5, 0.6) is 5.75 Å². The summed E-state index contributed by atoms with van der Waals surface area (Å²) in [7, 11) is 1.67. The molecule has 6 heteroatoms. The first kappa shape index (κ1) is 22.1. The van der Waals surface area contributed by atoms with E-state index in [0.717, 1.165) is 42.1 Å². The van der Waals surface area contributed by atoms with Gasteiger partial charge in [0, 0.05) is 24.3 Å². The molecule has 0 unspecified atom stereocenters. The predicted octanol–water partition coefficient (Wildman–Crippen LogP) is 5.20. The molecule has 0 spiro atoms. The molecule has 3 rings (SSSR count). The number of carbonyl (C=O) groups is 1. The third kappa shape index (κ3) is 5.51. The maximum absolute atomic E-state index is 12.2. The minimum atomic E-state index is 0.0981. The van der Waals surface area contributed by atoms with Gasteiger partial charge in [-0.1, -0.05) is 32.0 Å². The highest BCUT2D eigenvalue weighted by molar-refractivity contribution is 7.80. The summed E-state index contributed by atoms with van der Waals surface area (Å²) in [5.41, 5.74) is 4.09. The monoisotopic (exact) mass is 425 g/mol. The normalized spacial score (nSPS) is 14.7. The van der Waals surface area contributed by atoms with E-state index in [2.05, 4.69) is 36.6 Å². The fraction of sp³-hybridized carbons (Fsp3) is 0.417. The Kier molecular flexibility index (Phi) is 7.32. The SMILES string of the molecule is COc1ccc([C@H](CC(C)C)NC(=S)Nc2ccc(C)c(N3CCCC3=O)c2)cc1. The van der Waals surface area contributed by atoms with Gasteiger partial charge in [0.2, 0.25) is 5.91 Å². The summed E-state index contributed by atoms with van der Waals surface area (Å²) in [4.78, 5) is 14.0. The molecule has 1 atom stereocenters. The van der Waals surface area contributed by atoms with Gasteiger partial charge < -0.3 is 20.3 Å². The van der Waals surface area contributed by atoms with Gasteiger partial charge in [-0.3, -0.25) is 4.79 Å². The van der Waals surface area contributed by atoms with Gasteiger partial charge in [-0.2, -0.15) is 0 Å². The standard InChI is InChI=1S/C24H31N3O2S/c1-16(2)14-21(18-8-11-20(29-4)12-9-18)26-24(30)25-19-10-7-17(3)22(15-19)27-13-5-6-23(27)28/h7-12,15-16,21H,5-6,13-14H2,1-4H3,(H2,25,26,30)/t21-/m0/s1. The lowest BCUT2D eigenvalue weighted by Gasteiger charge is -2.24. The summed E-state index contributed by atoms with van der Waals surface area (Å²) in [5, 5.41) is 7.33. The number of benzene rings is 2. The second-order valence-corrected chi connectivity index (χ2v) is 8.61. The minimum Gasteiger partial charge on any atom is -0.497 e. The number of nitrogens with zero attached hydrogens (tertiary/aromatic N) is 1. The molecule has 30 heavy (non-hydrogen) atoms. The van der Waals surface area contributed by atoms with Gasteiger partial charge in [0.05, 0.1) is 13.2 Å². The smallest absolute Gasteiger partial charge is 0.227 e. The van der Waals surface area contributed by atoms with Crippen LogP contribution in [0.4, 0.5) is 11.4 Å². The molecule has 1 aliphatic heterocycles. The molecule has 0 saturated carbocycles. The van der Waals surface area contributed by atoms with E-state index in [4.69, 9.17) is 17.0 Å². The Morgan fingerprint density at radius 1 is 1.20 bits per heavy atom. The molecule has 160 valence electrons. The fourth-order valence-corrected chi connectivity index (χ4v) is 4.05. The van der Waals surface area contributed by atoms with E-state index in [1.54, 1.807) is 7.11 Å². The van der Waals surface area contributed by atoms with Crippen molar-refractivity contribution in [2.45, 2.75) is 46.1 Å². The average Bonchev–Trinajstić information content (AvgIpc) is 3.14. The van der Waals surface area contributed by atoms with Crippen molar-refractivity contribution in [1.82, 2.24) is 5.32 Å². The van der Waals surface area contributed by atoms with Crippen LogP contribution >= 0.6 is 12.2 Å². The molecular formula is C24H31N3O2S. The first-order chi connectivity index (χ1) is 14.4. The molecule has 0 aromatic heterocycles. The molecule has 1 amide bonds. The van der Waals surface area contributed by atoms with Gasteiger partial charge >= 0.3 is 0 Å². The molecule has 2 aromatic rings. The van der Waals surface area contributed by atoms with Crippen molar-refractivity contribution in [2.24, 2.45) is 5.92 Å². The van der Waals surface area contributed by atoms with Crippen molar-refractivity contribution >= 4 is 34.6 Å². The topological polar surface area (TPSA) is 53.6 Å². The molecule has 2 N–H and O–H groups in total. The zero-order valence-corrected chi connectivity index (χ0v) is 19.0. The highest BCUT2D eigenvalue weighted by Gasteiger charge is 2.23.